The molecule has 1 N–H and O–H groups in total. The van der Waals surface area contributed by atoms with Crippen molar-refractivity contribution >= 4 is 23.5 Å². The summed E-state index contributed by atoms with van der Waals surface area (Å²) in [5.41, 5.74) is 4.59. The third-order valence-electron chi connectivity index (χ3n) is 6.98. The standard InChI is InChI=1S/C31H31N3O4/c1-19(2)27(30(37)38-5)34-17-23-7-6-22(16-26(23)29(34)36)20-10-14-25(15-11-20)33-28(35)21-8-12-24(13-9-21)31(3,4)18-32/h6-16,19,27H,17H2,1-5H3,(H,33,35)/t27-/m0/s1. The first-order chi connectivity index (χ1) is 18.1. The molecule has 0 spiro atoms. The second-order valence-electron chi connectivity index (χ2n) is 10.4. The molecule has 1 atom stereocenters. The number of anilines is 1. The van der Waals surface area contributed by atoms with E-state index in [1.807, 2.05) is 70.2 Å². The molecule has 0 radical (unpaired) electrons. The summed E-state index contributed by atoms with van der Waals surface area (Å²) < 4.78 is 4.94. The van der Waals surface area contributed by atoms with Crippen molar-refractivity contribution in [1.82, 2.24) is 4.90 Å². The second-order valence-corrected chi connectivity index (χ2v) is 10.4. The Morgan fingerprint density at radius 2 is 1.63 bits per heavy atom. The Bertz CT molecular complexity index is 1420. The van der Waals surface area contributed by atoms with E-state index in [1.165, 1.54) is 7.11 Å². The van der Waals surface area contributed by atoms with Gasteiger partial charge in [-0.1, -0.05) is 50.2 Å². The highest BCUT2D eigenvalue weighted by atomic mass is 16.5. The first-order valence-corrected chi connectivity index (χ1v) is 12.5. The van der Waals surface area contributed by atoms with Crippen LogP contribution in [0.25, 0.3) is 11.1 Å². The fourth-order valence-electron chi connectivity index (χ4n) is 4.66. The van der Waals surface area contributed by atoms with Gasteiger partial charge in [0.1, 0.15) is 6.04 Å². The minimum absolute atomic E-state index is 0.0785. The lowest BCUT2D eigenvalue weighted by Crippen LogP contribution is -2.45. The van der Waals surface area contributed by atoms with Crippen molar-refractivity contribution in [2.45, 2.75) is 45.7 Å². The molecule has 0 aromatic heterocycles. The van der Waals surface area contributed by atoms with Crippen LogP contribution in [0.2, 0.25) is 0 Å². The maximum absolute atomic E-state index is 13.2. The Kier molecular flexibility index (Phi) is 7.36. The summed E-state index contributed by atoms with van der Waals surface area (Å²) >= 11 is 0. The number of hydrogen-bond donors (Lipinski definition) is 1. The van der Waals surface area contributed by atoms with E-state index in [2.05, 4.69) is 11.4 Å². The van der Waals surface area contributed by atoms with Gasteiger partial charge in [-0.05, 0) is 72.4 Å². The number of carbonyl (C=O) groups excluding carboxylic acids is 3. The summed E-state index contributed by atoms with van der Waals surface area (Å²) in [5.74, 6) is -0.919. The number of nitrogens with zero attached hydrogens (tertiary/aromatic N) is 2. The first-order valence-electron chi connectivity index (χ1n) is 12.5. The zero-order chi connectivity index (χ0) is 27.6. The molecule has 0 unspecified atom stereocenters. The number of rotatable bonds is 7. The molecule has 194 valence electrons. The number of benzene rings is 3. The maximum atomic E-state index is 13.2. The van der Waals surface area contributed by atoms with Crippen molar-refractivity contribution in [3.05, 3.63) is 89.0 Å². The second kappa shape index (κ2) is 10.5. The lowest BCUT2D eigenvalue weighted by Gasteiger charge is -2.28. The zero-order valence-electron chi connectivity index (χ0n) is 22.2. The third-order valence-corrected chi connectivity index (χ3v) is 6.98. The van der Waals surface area contributed by atoms with E-state index in [0.29, 0.717) is 23.4 Å². The van der Waals surface area contributed by atoms with Crippen LogP contribution in [0.5, 0.6) is 0 Å². The Labute approximate surface area is 223 Å². The van der Waals surface area contributed by atoms with Gasteiger partial charge in [-0.25, -0.2) is 4.79 Å². The van der Waals surface area contributed by atoms with Crippen LogP contribution in [0.4, 0.5) is 5.69 Å². The van der Waals surface area contributed by atoms with Gasteiger partial charge in [-0.3, -0.25) is 9.59 Å². The van der Waals surface area contributed by atoms with E-state index >= 15 is 0 Å². The molecule has 0 saturated heterocycles. The molecule has 1 heterocycles. The highest BCUT2D eigenvalue weighted by Crippen LogP contribution is 2.32. The number of nitriles is 1. The average molecular weight is 510 g/mol. The SMILES string of the molecule is COC(=O)[C@H](C(C)C)N1Cc2ccc(-c3ccc(NC(=O)c4ccc(C(C)(C)C#N)cc4)cc3)cc2C1=O. The molecule has 4 rings (SSSR count). The number of methoxy groups -OCH3 is 1. The fourth-order valence-corrected chi connectivity index (χ4v) is 4.66. The topological polar surface area (TPSA) is 99.5 Å². The number of carbonyl (C=O) groups is 3. The summed E-state index contributed by atoms with van der Waals surface area (Å²) in [6.07, 6.45) is 0. The highest BCUT2D eigenvalue weighted by Gasteiger charge is 2.38. The maximum Gasteiger partial charge on any atom is 0.328 e. The van der Waals surface area contributed by atoms with Crippen molar-refractivity contribution in [3.63, 3.8) is 0 Å². The van der Waals surface area contributed by atoms with Crippen LogP contribution >= 0.6 is 0 Å². The van der Waals surface area contributed by atoms with Gasteiger partial charge in [0.25, 0.3) is 11.8 Å². The molecule has 3 aromatic carbocycles. The van der Waals surface area contributed by atoms with Crippen molar-refractivity contribution < 1.29 is 19.1 Å². The quantitative estimate of drug-likeness (QED) is 0.420. The molecule has 3 aromatic rings. The van der Waals surface area contributed by atoms with Gasteiger partial charge in [0.05, 0.1) is 18.6 Å². The van der Waals surface area contributed by atoms with Crippen molar-refractivity contribution in [3.8, 4) is 17.2 Å². The van der Waals surface area contributed by atoms with Crippen LogP contribution < -0.4 is 5.32 Å². The van der Waals surface area contributed by atoms with Crippen LogP contribution in [0.15, 0.2) is 66.7 Å². The van der Waals surface area contributed by atoms with E-state index < -0.39 is 17.4 Å². The van der Waals surface area contributed by atoms with E-state index in [4.69, 9.17) is 4.74 Å². The van der Waals surface area contributed by atoms with Crippen LogP contribution in [-0.2, 0) is 21.5 Å². The number of ether oxygens (including phenoxy) is 1. The molecule has 1 aliphatic heterocycles. The smallest absolute Gasteiger partial charge is 0.328 e. The Balaban J connectivity index is 1.48. The summed E-state index contributed by atoms with van der Waals surface area (Å²) in [5, 5.41) is 12.2. The molecular formula is C31H31N3O4. The van der Waals surface area contributed by atoms with E-state index in [-0.39, 0.29) is 17.7 Å². The van der Waals surface area contributed by atoms with Gasteiger partial charge in [-0.15, -0.1) is 0 Å². The Hall–Kier alpha value is -4.44. The molecule has 0 aliphatic carbocycles. The largest absolute Gasteiger partial charge is 0.467 e. The molecule has 0 saturated carbocycles. The average Bonchev–Trinajstić information content (AvgIpc) is 3.23. The van der Waals surface area contributed by atoms with Gasteiger partial charge >= 0.3 is 5.97 Å². The minimum atomic E-state index is -0.639. The Morgan fingerprint density at radius 1 is 1.00 bits per heavy atom. The van der Waals surface area contributed by atoms with E-state index in [1.54, 1.807) is 29.2 Å². The fraction of sp³-hybridized carbons (Fsp3) is 0.290. The highest BCUT2D eigenvalue weighted by molar-refractivity contribution is 6.04. The van der Waals surface area contributed by atoms with E-state index in [9.17, 15) is 19.6 Å². The predicted octanol–water partition coefficient (Wildman–Crippen LogP) is 5.56. The molecule has 0 bridgehead atoms. The molecule has 38 heavy (non-hydrogen) atoms. The first kappa shape index (κ1) is 26.6. The Morgan fingerprint density at radius 3 is 2.21 bits per heavy atom. The lowest BCUT2D eigenvalue weighted by atomic mass is 9.86. The number of hydrogen-bond acceptors (Lipinski definition) is 5. The number of nitrogens with one attached hydrogen (secondary N) is 1. The normalized spacial score (nSPS) is 13.6. The van der Waals surface area contributed by atoms with Crippen molar-refractivity contribution in [1.29, 1.82) is 5.26 Å². The van der Waals surface area contributed by atoms with Gasteiger partial charge in [0.2, 0.25) is 0 Å². The van der Waals surface area contributed by atoms with Crippen molar-refractivity contribution in [2.24, 2.45) is 5.92 Å². The van der Waals surface area contributed by atoms with Crippen LogP contribution in [0.1, 0.15) is 59.5 Å². The number of amides is 2. The predicted molar refractivity (Wildman–Crippen MR) is 145 cm³/mol. The number of fused-ring (bicyclic) bond motifs is 1. The number of esters is 1. The van der Waals surface area contributed by atoms with Gasteiger partial charge in [-0.2, -0.15) is 5.26 Å². The van der Waals surface area contributed by atoms with Gasteiger partial charge in [0.15, 0.2) is 0 Å². The molecular weight excluding hydrogens is 478 g/mol. The molecule has 7 nitrogen and oxygen atoms in total. The van der Waals surface area contributed by atoms with Crippen LogP contribution in [0.3, 0.4) is 0 Å². The summed E-state index contributed by atoms with van der Waals surface area (Å²) in [6, 6.07) is 21.8. The molecule has 1 aliphatic rings. The summed E-state index contributed by atoms with van der Waals surface area (Å²) in [7, 11) is 1.34. The summed E-state index contributed by atoms with van der Waals surface area (Å²) in [4.78, 5) is 39.8. The van der Waals surface area contributed by atoms with Gasteiger partial charge in [0, 0.05) is 23.4 Å². The molecule has 2 amide bonds. The monoisotopic (exact) mass is 509 g/mol. The molecule has 0 fully saturated rings. The molecule has 7 heteroatoms. The minimum Gasteiger partial charge on any atom is -0.467 e. The van der Waals surface area contributed by atoms with Gasteiger partial charge < -0.3 is 15.0 Å². The lowest BCUT2D eigenvalue weighted by molar-refractivity contribution is -0.147. The zero-order valence-corrected chi connectivity index (χ0v) is 22.2. The summed E-state index contributed by atoms with van der Waals surface area (Å²) in [6.45, 7) is 7.83. The van der Waals surface area contributed by atoms with E-state index in [0.717, 1.165) is 22.3 Å². The van der Waals surface area contributed by atoms with Crippen molar-refractivity contribution in [2.75, 3.05) is 12.4 Å². The van der Waals surface area contributed by atoms with Crippen LogP contribution in [0, 0.1) is 17.2 Å². The van der Waals surface area contributed by atoms with Crippen LogP contribution in [-0.4, -0.2) is 35.8 Å². The third kappa shape index (κ3) is 5.16.